The second-order valence-corrected chi connectivity index (χ2v) is 6.00. The highest BCUT2D eigenvalue weighted by atomic mass is 16.5. The Hall–Kier alpha value is -1.02. The van der Waals surface area contributed by atoms with Gasteiger partial charge in [-0.3, -0.25) is 0 Å². The van der Waals surface area contributed by atoms with Crippen LogP contribution < -0.4 is 10.1 Å². The molecule has 0 amide bonds. The van der Waals surface area contributed by atoms with E-state index in [0.29, 0.717) is 5.92 Å². The summed E-state index contributed by atoms with van der Waals surface area (Å²) in [6.45, 7) is 13.8. The SMILES string of the molecule is CCNCC(C)COc1cccc(C(C)(C)C)c1. The molecule has 0 spiro atoms. The van der Waals surface area contributed by atoms with Crippen molar-refractivity contribution < 1.29 is 4.74 Å². The van der Waals surface area contributed by atoms with Gasteiger partial charge in [0, 0.05) is 12.5 Å². The van der Waals surface area contributed by atoms with Crippen molar-refractivity contribution in [2.45, 2.75) is 40.0 Å². The van der Waals surface area contributed by atoms with E-state index < -0.39 is 0 Å². The van der Waals surface area contributed by atoms with Crippen molar-refractivity contribution >= 4 is 0 Å². The molecule has 1 unspecified atom stereocenters. The van der Waals surface area contributed by atoms with Gasteiger partial charge in [-0.05, 0) is 29.7 Å². The topological polar surface area (TPSA) is 21.3 Å². The number of ether oxygens (including phenoxy) is 1. The maximum absolute atomic E-state index is 5.86. The highest BCUT2D eigenvalue weighted by molar-refractivity contribution is 5.32. The second-order valence-electron chi connectivity index (χ2n) is 6.00. The van der Waals surface area contributed by atoms with Crippen molar-refractivity contribution in [2.75, 3.05) is 19.7 Å². The maximum atomic E-state index is 5.86. The molecule has 1 rings (SSSR count). The summed E-state index contributed by atoms with van der Waals surface area (Å²) >= 11 is 0. The van der Waals surface area contributed by atoms with Gasteiger partial charge in [-0.1, -0.05) is 46.8 Å². The highest BCUT2D eigenvalue weighted by Gasteiger charge is 2.14. The molecule has 0 aromatic heterocycles. The summed E-state index contributed by atoms with van der Waals surface area (Å²) in [6, 6.07) is 8.43. The van der Waals surface area contributed by atoms with E-state index in [0.717, 1.165) is 25.4 Å². The first-order valence-corrected chi connectivity index (χ1v) is 6.87. The van der Waals surface area contributed by atoms with E-state index in [-0.39, 0.29) is 5.41 Å². The second kappa shape index (κ2) is 6.79. The zero-order chi connectivity index (χ0) is 13.6. The van der Waals surface area contributed by atoms with Gasteiger partial charge in [-0.2, -0.15) is 0 Å². The van der Waals surface area contributed by atoms with E-state index in [4.69, 9.17) is 4.74 Å². The Labute approximate surface area is 112 Å². The van der Waals surface area contributed by atoms with E-state index in [2.05, 4.69) is 58.1 Å². The molecule has 2 heteroatoms. The van der Waals surface area contributed by atoms with Crippen LogP contribution in [-0.4, -0.2) is 19.7 Å². The zero-order valence-corrected chi connectivity index (χ0v) is 12.4. The first-order chi connectivity index (χ1) is 8.43. The molecule has 0 saturated heterocycles. The summed E-state index contributed by atoms with van der Waals surface area (Å²) in [7, 11) is 0. The number of hydrogen-bond donors (Lipinski definition) is 1. The van der Waals surface area contributed by atoms with E-state index in [1.165, 1.54) is 5.56 Å². The zero-order valence-electron chi connectivity index (χ0n) is 12.4. The Morgan fingerprint density at radius 3 is 2.61 bits per heavy atom. The average molecular weight is 249 g/mol. The van der Waals surface area contributed by atoms with Gasteiger partial charge in [0.1, 0.15) is 5.75 Å². The Balaban J connectivity index is 2.52. The van der Waals surface area contributed by atoms with E-state index in [1.54, 1.807) is 0 Å². The van der Waals surface area contributed by atoms with Crippen molar-refractivity contribution in [1.29, 1.82) is 0 Å². The fourth-order valence-electron chi connectivity index (χ4n) is 1.74. The van der Waals surface area contributed by atoms with Crippen LogP contribution in [0.25, 0.3) is 0 Å². The molecule has 0 aliphatic rings. The fraction of sp³-hybridized carbons (Fsp3) is 0.625. The minimum atomic E-state index is 0.175. The van der Waals surface area contributed by atoms with Crippen LogP contribution in [-0.2, 0) is 5.41 Å². The molecule has 0 aliphatic heterocycles. The fourth-order valence-corrected chi connectivity index (χ4v) is 1.74. The summed E-state index contributed by atoms with van der Waals surface area (Å²) in [5.74, 6) is 1.51. The molecule has 1 N–H and O–H groups in total. The Morgan fingerprint density at radius 2 is 2.00 bits per heavy atom. The van der Waals surface area contributed by atoms with Crippen molar-refractivity contribution in [3.63, 3.8) is 0 Å². The van der Waals surface area contributed by atoms with Crippen LogP contribution in [0, 0.1) is 5.92 Å². The van der Waals surface area contributed by atoms with Crippen molar-refractivity contribution in [3.05, 3.63) is 29.8 Å². The first-order valence-electron chi connectivity index (χ1n) is 6.87. The third-order valence-corrected chi connectivity index (χ3v) is 2.98. The molecular weight excluding hydrogens is 222 g/mol. The molecule has 1 atom stereocenters. The van der Waals surface area contributed by atoms with Crippen LogP contribution in [0.3, 0.4) is 0 Å². The van der Waals surface area contributed by atoms with Crippen molar-refractivity contribution in [2.24, 2.45) is 5.92 Å². The van der Waals surface area contributed by atoms with Gasteiger partial charge in [0.05, 0.1) is 6.61 Å². The van der Waals surface area contributed by atoms with Crippen molar-refractivity contribution in [1.82, 2.24) is 5.32 Å². The largest absolute Gasteiger partial charge is 0.493 e. The Morgan fingerprint density at radius 1 is 1.28 bits per heavy atom. The molecule has 0 fully saturated rings. The molecule has 0 aliphatic carbocycles. The molecule has 1 aromatic carbocycles. The molecule has 18 heavy (non-hydrogen) atoms. The van der Waals surface area contributed by atoms with Crippen LogP contribution >= 0.6 is 0 Å². The lowest BCUT2D eigenvalue weighted by atomic mass is 9.87. The quantitative estimate of drug-likeness (QED) is 0.831. The van der Waals surface area contributed by atoms with Crippen LogP contribution in [0.15, 0.2) is 24.3 Å². The normalized spacial score (nSPS) is 13.4. The first kappa shape index (κ1) is 15.0. The van der Waals surface area contributed by atoms with Gasteiger partial charge >= 0.3 is 0 Å². The van der Waals surface area contributed by atoms with Crippen LogP contribution in [0.2, 0.25) is 0 Å². The van der Waals surface area contributed by atoms with Gasteiger partial charge in [-0.25, -0.2) is 0 Å². The summed E-state index contributed by atoms with van der Waals surface area (Å²) in [5, 5.41) is 3.34. The van der Waals surface area contributed by atoms with Gasteiger partial charge < -0.3 is 10.1 Å². The number of nitrogens with one attached hydrogen (secondary N) is 1. The monoisotopic (exact) mass is 249 g/mol. The van der Waals surface area contributed by atoms with E-state index >= 15 is 0 Å². The maximum Gasteiger partial charge on any atom is 0.119 e. The lowest BCUT2D eigenvalue weighted by molar-refractivity contribution is 0.256. The average Bonchev–Trinajstić information content (AvgIpc) is 2.33. The summed E-state index contributed by atoms with van der Waals surface area (Å²) < 4.78 is 5.86. The van der Waals surface area contributed by atoms with Gasteiger partial charge in [-0.15, -0.1) is 0 Å². The molecule has 102 valence electrons. The number of benzene rings is 1. The standard InChI is InChI=1S/C16H27NO/c1-6-17-11-13(2)12-18-15-9-7-8-14(10-15)16(3,4)5/h7-10,13,17H,6,11-12H2,1-5H3. The molecule has 2 nitrogen and oxygen atoms in total. The number of rotatable bonds is 6. The smallest absolute Gasteiger partial charge is 0.119 e. The minimum Gasteiger partial charge on any atom is -0.493 e. The van der Waals surface area contributed by atoms with E-state index in [9.17, 15) is 0 Å². The third kappa shape index (κ3) is 5.09. The molecule has 0 saturated carbocycles. The summed E-state index contributed by atoms with van der Waals surface area (Å²) in [6.07, 6.45) is 0. The van der Waals surface area contributed by atoms with Gasteiger partial charge in [0.25, 0.3) is 0 Å². The Kier molecular flexibility index (Phi) is 5.67. The lowest BCUT2D eigenvalue weighted by Crippen LogP contribution is -2.24. The predicted octanol–water partition coefficient (Wildman–Crippen LogP) is 3.61. The van der Waals surface area contributed by atoms with E-state index in [1.807, 2.05) is 6.07 Å². The Bertz CT molecular complexity index is 354. The van der Waals surface area contributed by atoms with Crippen LogP contribution in [0.4, 0.5) is 0 Å². The van der Waals surface area contributed by atoms with Gasteiger partial charge in [0.2, 0.25) is 0 Å². The molecule has 0 bridgehead atoms. The van der Waals surface area contributed by atoms with Crippen LogP contribution in [0.5, 0.6) is 5.75 Å². The number of hydrogen-bond acceptors (Lipinski definition) is 2. The molecule has 0 heterocycles. The molecule has 1 aromatic rings. The van der Waals surface area contributed by atoms with Gasteiger partial charge in [0.15, 0.2) is 0 Å². The predicted molar refractivity (Wildman–Crippen MR) is 78.3 cm³/mol. The third-order valence-electron chi connectivity index (χ3n) is 2.98. The highest BCUT2D eigenvalue weighted by Crippen LogP contribution is 2.25. The summed E-state index contributed by atoms with van der Waals surface area (Å²) in [5.41, 5.74) is 1.49. The molecule has 0 radical (unpaired) electrons. The van der Waals surface area contributed by atoms with Crippen molar-refractivity contribution in [3.8, 4) is 5.75 Å². The summed E-state index contributed by atoms with van der Waals surface area (Å²) in [4.78, 5) is 0. The lowest BCUT2D eigenvalue weighted by Gasteiger charge is -2.20. The molecular formula is C16H27NO. The van der Waals surface area contributed by atoms with Crippen LogP contribution in [0.1, 0.15) is 40.2 Å². The minimum absolute atomic E-state index is 0.175.